The Labute approximate surface area is 145 Å². The molecule has 1 aromatic heterocycles. The molecule has 2 N–H and O–H groups in total. The normalized spacial score (nSPS) is 11.6. The van der Waals surface area contributed by atoms with Gasteiger partial charge in [0.05, 0.1) is 5.75 Å². The molecule has 0 radical (unpaired) electrons. The van der Waals surface area contributed by atoms with Crippen LogP contribution in [-0.2, 0) is 16.4 Å². The zero-order valence-corrected chi connectivity index (χ0v) is 14.3. The number of sulfonamides is 1. The second kappa shape index (κ2) is 6.60. The lowest BCUT2D eigenvalue weighted by atomic mass is 10.1. The van der Waals surface area contributed by atoms with E-state index >= 15 is 0 Å². The molecule has 2 aromatic carbocycles. The van der Waals surface area contributed by atoms with Crippen LogP contribution in [0.4, 0.5) is 5.69 Å². The molecule has 6 nitrogen and oxygen atoms in total. The number of aromatic carboxylic acids is 1. The highest BCUT2D eigenvalue weighted by Crippen LogP contribution is 2.28. The van der Waals surface area contributed by atoms with Crippen LogP contribution in [0.5, 0.6) is 0 Å². The number of furan rings is 1. The predicted molar refractivity (Wildman–Crippen MR) is 95.5 cm³/mol. The Bertz CT molecular complexity index is 1020. The van der Waals surface area contributed by atoms with E-state index in [-0.39, 0.29) is 11.5 Å². The van der Waals surface area contributed by atoms with Crippen LogP contribution in [0, 0.1) is 6.92 Å². The summed E-state index contributed by atoms with van der Waals surface area (Å²) in [6.07, 6.45) is 0.409. The summed E-state index contributed by atoms with van der Waals surface area (Å²) in [5.74, 6) is -1.34. The number of benzene rings is 2. The van der Waals surface area contributed by atoms with Gasteiger partial charge in [0.15, 0.2) is 0 Å². The van der Waals surface area contributed by atoms with Gasteiger partial charge >= 0.3 is 5.97 Å². The maximum atomic E-state index is 12.3. The number of carbonyl (C=O) groups is 1. The average molecular weight is 359 g/mol. The van der Waals surface area contributed by atoms with Crippen LogP contribution in [0.3, 0.4) is 0 Å². The maximum Gasteiger partial charge on any atom is 0.372 e. The standard InChI is InChI=1S/C18H17NO5S/c1-12-15-11-14(7-8-16(15)24-17(12)18(20)21)19-25(22,23)10-9-13-5-3-2-4-6-13/h2-8,11,19H,9-10H2,1H3,(H,20,21). The third-order valence-corrected chi connectivity index (χ3v) is 5.19. The minimum atomic E-state index is -3.52. The lowest BCUT2D eigenvalue weighted by Gasteiger charge is -2.08. The van der Waals surface area contributed by atoms with Crippen LogP contribution < -0.4 is 4.72 Å². The zero-order valence-electron chi connectivity index (χ0n) is 13.5. The molecule has 0 saturated carbocycles. The molecule has 0 atom stereocenters. The predicted octanol–water partition coefficient (Wildman–Crippen LogP) is 3.42. The fourth-order valence-electron chi connectivity index (χ4n) is 2.62. The van der Waals surface area contributed by atoms with Gasteiger partial charge in [-0.3, -0.25) is 4.72 Å². The molecule has 0 spiro atoms. The fourth-order valence-corrected chi connectivity index (χ4v) is 3.71. The third kappa shape index (κ3) is 3.83. The van der Waals surface area contributed by atoms with Crippen LogP contribution in [0.25, 0.3) is 11.0 Å². The summed E-state index contributed by atoms with van der Waals surface area (Å²) < 4.78 is 32.4. The van der Waals surface area contributed by atoms with Gasteiger partial charge in [0.2, 0.25) is 15.8 Å². The highest BCUT2D eigenvalue weighted by molar-refractivity contribution is 7.92. The number of aryl methyl sites for hydroxylation is 2. The molecule has 0 unspecified atom stereocenters. The minimum Gasteiger partial charge on any atom is -0.475 e. The quantitative estimate of drug-likeness (QED) is 0.703. The summed E-state index contributed by atoms with van der Waals surface area (Å²) in [7, 11) is -3.52. The van der Waals surface area contributed by atoms with E-state index in [0.29, 0.717) is 28.6 Å². The number of nitrogens with one attached hydrogen (secondary N) is 1. The summed E-state index contributed by atoms with van der Waals surface area (Å²) in [4.78, 5) is 11.1. The van der Waals surface area contributed by atoms with Gasteiger partial charge in [-0.1, -0.05) is 30.3 Å². The van der Waals surface area contributed by atoms with Gasteiger partial charge in [-0.15, -0.1) is 0 Å². The van der Waals surface area contributed by atoms with Crippen molar-refractivity contribution in [2.75, 3.05) is 10.5 Å². The Kier molecular flexibility index (Phi) is 4.50. The highest BCUT2D eigenvalue weighted by atomic mass is 32.2. The zero-order chi connectivity index (χ0) is 18.0. The van der Waals surface area contributed by atoms with Crippen molar-refractivity contribution in [3.05, 3.63) is 65.4 Å². The van der Waals surface area contributed by atoms with Crippen molar-refractivity contribution < 1.29 is 22.7 Å². The lowest BCUT2D eigenvalue weighted by molar-refractivity contribution is 0.0664. The number of hydrogen-bond donors (Lipinski definition) is 2. The Hall–Kier alpha value is -2.80. The Morgan fingerprint density at radius 3 is 2.56 bits per heavy atom. The number of hydrogen-bond acceptors (Lipinski definition) is 4. The SMILES string of the molecule is Cc1c(C(=O)O)oc2ccc(NS(=O)(=O)CCc3ccccc3)cc12. The topological polar surface area (TPSA) is 96.6 Å². The van der Waals surface area contributed by atoms with Crippen molar-refractivity contribution in [3.63, 3.8) is 0 Å². The molecule has 0 bridgehead atoms. The van der Waals surface area contributed by atoms with Gasteiger partial charge in [0.25, 0.3) is 0 Å². The molecule has 0 fully saturated rings. The number of carboxylic acid groups (broad SMARTS) is 1. The van der Waals surface area contributed by atoms with Gasteiger partial charge in [-0.05, 0) is 37.1 Å². The van der Waals surface area contributed by atoms with Gasteiger partial charge in [-0.25, -0.2) is 13.2 Å². The van der Waals surface area contributed by atoms with Crippen LogP contribution in [0.1, 0.15) is 21.7 Å². The number of rotatable bonds is 6. The van der Waals surface area contributed by atoms with Crippen LogP contribution in [0.15, 0.2) is 52.9 Å². The van der Waals surface area contributed by atoms with Gasteiger partial charge in [-0.2, -0.15) is 0 Å². The molecule has 3 rings (SSSR count). The van der Waals surface area contributed by atoms with Gasteiger partial charge in [0.1, 0.15) is 5.58 Å². The molecule has 0 aliphatic carbocycles. The molecule has 130 valence electrons. The molecule has 3 aromatic rings. The monoisotopic (exact) mass is 359 g/mol. The Morgan fingerprint density at radius 1 is 1.16 bits per heavy atom. The second-order valence-corrected chi connectivity index (χ2v) is 7.57. The van der Waals surface area contributed by atoms with E-state index in [1.165, 1.54) is 0 Å². The third-order valence-electron chi connectivity index (χ3n) is 3.91. The van der Waals surface area contributed by atoms with Crippen molar-refractivity contribution in [2.24, 2.45) is 0 Å². The smallest absolute Gasteiger partial charge is 0.372 e. The van der Waals surface area contributed by atoms with E-state index in [4.69, 9.17) is 9.52 Å². The van der Waals surface area contributed by atoms with Crippen LogP contribution in [-0.4, -0.2) is 25.2 Å². The first-order valence-corrected chi connectivity index (χ1v) is 9.32. The minimum absolute atomic E-state index is 0.0419. The van der Waals surface area contributed by atoms with Crippen LogP contribution in [0.2, 0.25) is 0 Å². The first-order valence-electron chi connectivity index (χ1n) is 7.66. The van der Waals surface area contributed by atoms with E-state index < -0.39 is 16.0 Å². The molecule has 0 aliphatic heterocycles. The number of anilines is 1. The average Bonchev–Trinajstić information content (AvgIpc) is 2.91. The first kappa shape index (κ1) is 17.0. The summed E-state index contributed by atoms with van der Waals surface area (Å²) in [5, 5.41) is 9.67. The molecular weight excluding hydrogens is 342 g/mol. The van der Waals surface area contributed by atoms with Crippen molar-refractivity contribution in [1.82, 2.24) is 0 Å². The van der Waals surface area contributed by atoms with E-state index in [0.717, 1.165) is 5.56 Å². The molecule has 0 aliphatic rings. The number of carboxylic acids is 1. The molecule has 0 saturated heterocycles. The molecular formula is C18H17NO5S. The summed E-state index contributed by atoms with van der Waals surface area (Å²) in [6, 6.07) is 14.1. The second-order valence-electron chi connectivity index (χ2n) is 5.73. The van der Waals surface area contributed by atoms with E-state index in [1.807, 2.05) is 30.3 Å². The Balaban J connectivity index is 1.79. The van der Waals surface area contributed by atoms with E-state index in [1.54, 1.807) is 25.1 Å². The lowest BCUT2D eigenvalue weighted by Crippen LogP contribution is -2.18. The fraction of sp³-hybridized carbons (Fsp3) is 0.167. The largest absolute Gasteiger partial charge is 0.475 e. The maximum absolute atomic E-state index is 12.3. The van der Waals surface area contributed by atoms with Gasteiger partial charge < -0.3 is 9.52 Å². The molecule has 25 heavy (non-hydrogen) atoms. The van der Waals surface area contributed by atoms with Gasteiger partial charge in [0, 0.05) is 16.6 Å². The molecule has 0 amide bonds. The highest BCUT2D eigenvalue weighted by Gasteiger charge is 2.18. The van der Waals surface area contributed by atoms with E-state index in [2.05, 4.69) is 4.72 Å². The Morgan fingerprint density at radius 2 is 1.88 bits per heavy atom. The van der Waals surface area contributed by atoms with Crippen molar-refractivity contribution in [1.29, 1.82) is 0 Å². The van der Waals surface area contributed by atoms with Crippen molar-refractivity contribution in [3.8, 4) is 0 Å². The molecule has 7 heteroatoms. The number of fused-ring (bicyclic) bond motifs is 1. The summed E-state index contributed by atoms with van der Waals surface area (Å²) >= 11 is 0. The summed E-state index contributed by atoms with van der Waals surface area (Å²) in [6.45, 7) is 1.63. The first-order chi connectivity index (χ1) is 11.9. The summed E-state index contributed by atoms with van der Waals surface area (Å²) in [5.41, 5.74) is 2.19. The van der Waals surface area contributed by atoms with Crippen LogP contribution >= 0.6 is 0 Å². The van der Waals surface area contributed by atoms with Crippen molar-refractivity contribution in [2.45, 2.75) is 13.3 Å². The molecule has 1 heterocycles. The van der Waals surface area contributed by atoms with Crippen molar-refractivity contribution >= 4 is 32.6 Å². The van der Waals surface area contributed by atoms with E-state index in [9.17, 15) is 13.2 Å².